The first-order valence-corrected chi connectivity index (χ1v) is 7.04. The Balaban J connectivity index is 1.96. The molecule has 1 atom stereocenters. The lowest BCUT2D eigenvalue weighted by molar-refractivity contribution is -0.123. The normalized spacial score (nSPS) is 15.8. The molecule has 0 aliphatic carbocycles. The molecule has 5 nitrogen and oxygen atoms in total. The second-order valence-corrected chi connectivity index (χ2v) is 5.55. The third-order valence-electron chi connectivity index (χ3n) is 3.12. The highest BCUT2D eigenvalue weighted by atomic mass is 32.1. The molecule has 1 aliphatic heterocycles. The fraction of sp³-hybridized carbons (Fsp3) is 0.143. The SMILES string of the molecule is NC(c1ccc2c(c1)NC(=O)CC(=O)N2)c1cccs1. The van der Waals surface area contributed by atoms with Gasteiger partial charge in [0.15, 0.2) is 0 Å². The van der Waals surface area contributed by atoms with Crippen LogP contribution in [0.4, 0.5) is 11.4 Å². The molecule has 102 valence electrons. The highest BCUT2D eigenvalue weighted by molar-refractivity contribution is 7.10. The summed E-state index contributed by atoms with van der Waals surface area (Å²) < 4.78 is 0. The molecule has 2 amide bonds. The summed E-state index contributed by atoms with van der Waals surface area (Å²) in [6.45, 7) is 0. The lowest BCUT2D eigenvalue weighted by atomic mass is 10.0. The van der Waals surface area contributed by atoms with Gasteiger partial charge in [0.1, 0.15) is 6.42 Å². The summed E-state index contributed by atoms with van der Waals surface area (Å²) >= 11 is 1.59. The Bertz CT molecular complexity index is 667. The minimum atomic E-state index is -0.317. The molecule has 0 spiro atoms. The van der Waals surface area contributed by atoms with Crippen LogP contribution in [0.15, 0.2) is 35.7 Å². The number of hydrogen-bond donors (Lipinski definition) is 3. The van der Waals surface area contributed by atoms with Crippen molar-refractivity contribution in [3.63, 3.8) is 0 Å². The van der Waals surface area contributed by atoms with Crippen molar-refractivity contribution in [2.24, 2.45) is 5.73 Å². The molecule has 20 heavy (non-hydrogen) atoms. The number of nitrogens with one attached hydrogen (secondary N) is 2. The molecular formula is C14H13N3O2S. The Hall–Kier alpha value is -2.18. The predicted octanol–water partition coefficient (Wildman–Crippen LogP) is 2.08. The lowest BCUT2D eigenvalue weighted by Crippen LogP contribution is -2.16. The largest absolute Gasteiger partial charge is 0.324 e. The van der Waals surface area contributed by atoms with Crippen LogP contribution in [0.5, 0.6) is 0 Å². The van der Waals surface area contributed by atoms with Crippen LogP contribution in [-0.4, -0.2) is 11.8 Å². The van der Waals surface area contributed by atoms with E-state index in [4.69, 9.17) is 5.73 Å². The molecule has 1 unspecified atom stereocenters. The molecule has 2 aromatic rings. The Kier molecular flexibility index (Phi) is 3.25. The standard InChI is InChI=1S/C14H13N3O2S/c15-14(11-2-1-5-20-11)8-3-4-9-10(6-8)17-13(19)7-12(18)16-9/h1-6,14H,7,15H2,(H,16,18)(H,17,19). The number of thiophene rings is 1. The van der Waals surface area contributed by atoms with Crippen molar-refractivity contribution < 1.29 is 9.59 Å². The van der Waals surface area contributed by atoms with Crippen molar-refractivity contribution in [1.82, 2.24) is 0 Å². The molecular weight excluding hydrogens is 274 g/mol. The van der Waals surface area contributed by atoms with Crippen LogP contribution in [0, 0.1) is 0 Å². The van der Waals surface area contributed by atoms with Crippen molar-refractivity contribution in [1.29, 1.82) is 0 Å². The molecule has 3 rings (SSSR count). The zero-order valence-electron chi connectivity index (χ0n) is 10.6. The summed E-state index contributed by atoms with van der Waals surface area (Å²) in [4.78, 5) is 24.1. The summed E-state index contributed by atoms with van der Waals surface area (Å²) in [5.41, 5.74) is 8.28. The van der Waals surface area contributed by atoms with E-state index in [-0.39, 0.29) is 24.3 Å². The number of carbonyl (C=O) groups excluding carboxylic acids is 2. The van der Waals surface area contributed by atoms with E-state index in [1.165, 1.54) is 0 Å². The average Bonchev–Trinajstić information content (AvgIpc) is 2.88. The third-order valence-corrected chi connectivity index (χ3v) is 4.08. The number of anilines is 2. The number of nitrogens with two attached hydrogens (primary N) is 1. The van der Waals surface area contributed by atoms with Gasteiger partial charge in [0.05, 0.1) is 17.4 Å². The van der Waals surface area contributed by atoms with Gasteiger partial charge in [-0.2, -0.15) is 0 Å². The van der Waals surface area contributed by atoms with Crippen LogP contribution >= 0.6 is 11.3 Å². The number of rotatable bonds is 2. The van der Waals surface area contributed by atoms with Crippen molar-refractivity contribution in [2.75, 3.05) is 10.6 Å². The van der Waals surface area contributed by atoms with Gasteiger partial charge in [-0.05, 0) is 29.1 Å². The Morgan fingerprint density at radius 2 is 1.85 bits per heavy atom. The van der Waals surface area contributed by atoms with Gasteiger partial charge in [-0.1, -0.05) is 12.1 Å². The Morgan fingerprint density at radius 1 is 1.10 bits per heavy atom. The van der Waals surface area contributed by atoms with E-state index >= 15 is 0 Å². The summed E-state index contributed by atoms with van der Waals surface area (Å²) in [6.07, 6.45) is -0.166. The molecule has 1 aromatic heterocycles. The minimum absolute atomic E-state index is 0.166. The van der Waals surface area contributed by atoms with Crippen LogP contribution in [0.3, 0.4) is 0 Å². The number of carbonyl (C=O) groups is 2. The van der Waals surface area contributed by atoms with Gasteiger partial charge in [0.25, 0.3) is 0 Å². The molecule has 1 aromatic carbocycles. The maximum Gasteiger partial charge on any atom is 0.233 e. The lowest BCUT2D eigenvalue weighted by Gasteiger charge is -2.14. The third kappa shape index (κ3) is 2.43. The van der Waals surface area contributed by atoms with Crippen LogP contribution in [0.25, 0.3) is 0 Å². The average molecular weight is 287 g/mol. The minimum Gasteiger partial charge on any atom is -0.324 e. The summed E-state index contributed by atoms with van der Waals surface area (Å²) in [5.74, 6) is -0.625. The highest BCUT2D eigenvalue weighted by Gasteiger charge is 2.19. The van der Waals surface area contributed by atoms with Crippen LogP contribution in [0.2, 0.25) is 0 Å². The van der Waals surface area contributed by atoms with E-state index in [1.807, 2.05) is 29.6 Å². The van der Waals surface area contributed by atoms with Gasteiger partial charge >= 0.3 is 0 Å². The van der Waals surface area contributed by atoms with Crippen LogP contribution in [0.1, 0.15) is 22.9 Å². The fourth-order valence-corrected chi connectivity index (χ4v) is 2.89. The maximum absolute atomic E-state index is 11.6. The molecule has 0 saturated heterocycles. The first kappa shape index (κ1) is 12.8. The molecule has 1 aliphatic rings. The smallest absolute Gasteiger partial charge is 0.233 e. The molecule has 0 saturated carbocycles. The van der Waals surface area contributed by atoms with Crippen molar-refractivity contribution >= 4 is 34.5 Å². The highest BCUT2D eigenvalue weighted by Crippen LogP contribution is 2.31. The monoisotopic (exact) mass is 287 g/mol. The van der Waals surface area contributed by atoms with E-state index in [0.29, 0.717) is 11.4 Å². The zero-order valence-corrected chi connectivity index (χ0v) is 11.4. The van der Waals surface area contributed by atoms with Crippen LogP contribution < -0.4 is 16.4 Å². The zero-order chi connectivity index (χ0) is 14.1. The molecule has 0 bridgehead atoms. The molecule has 0 radical (unpaired) electrons. The van der Waals surface area contributed by atoms with E-state index in [1.54, 1.807) is 17.4 Å². The van der Waals surface area contributed by atoms with Crippen molar-refractivity contribution in [3.05, 3.63) is 46.2 Å². The van der Waals surface area contributed by atoms with Gasteiger partial charge in [-0.15, -0.1) is 11.3 Å². The molecule has 0 fully saturated rings. The predicted molar refractivity (Wildman–Crippen MR) is 78.7 cm³/mol. The van der Waals surface area contributed by atoms with E-state index < -0.39 is 0 Å². The summed E-state index contributed by atoms with van der Waals surface area (Å²) in [7, 11) is 0. The number of amides is 2. The van der Waals surface area contributed by atoms with Gasteiger partial charge in [-0.3, -0.25) is 9.59 Å². The van der Waals surface area contributed by atoms with E-state index in [2.05, 4.69) is 10.6 Å². The Morgan fingerprint density at radius 3 is 2.55 bits per heavy atom. The van der Waals surface area contributed by atoms with Crippen molar-refractivity contribution in [2.45, 2.75) is 12.5 Å². The summed E-state index contributed by atoms with van der Waals surface area (Å²) in [5, 5.41) is 7.39. The van der Waals surface area contributed by atoms with Gasteiger partial charge < -0.3 is 16.4 Å². The quantitative estimate of drug-likeness (QED) is 0.739. The summed E-state index contributed by atoms with van der Waals surface area (Å²) in [6, 6.07) is 9.12. The maximum atomic E-state index is 11.6. The molecule has 6 heteroatoms. The number of fused-ring (bicyclic) bond motifs is 1. The van der Waals surface area contributed by atoms with Crippen molar-refractivity contribution in [3.8, 4) is 0 Å². The second kappa shape index (κ2) is 5.07. The molecule has 2 heterocycles. The van der Waals surface area contributed by atoms with Gasteiger partial charge in [0.2, 0.25) is 11.8 Å². The Labute approximate surface area is 119 Å². The number of benzene rings is 1. The molecule has 4 N–H and O–H groups in total. The topological polar surface area (TPSA) is 84.2 Å². The van der Waals surface area contributed by atoms with Crippen LogP contribution in [-0.2, 0) is 9.59 Å². The van der Waals surface area contributed by atoms with Gasteiger partial charge in [-0.25, -0.2) is 0 Å². The first-order chi connectivity index (χ1) is 9.63. The fourth-order valence-electron chi connectivity index (χ4n) is 2.13. The van der Waals surface area contributed by atoms with E-state index in [9.17, 15) is 9.59 Å². The number of hydrogen-bond acceptors (Lipinski definition) is 4. The van der Waals surface area contributed by atoms with E-state index in [0.717, 1.165) is 10.4 Å². The first-order valence-electron chi connectivity index (χ1n) is 6.16. The second-order valence-electron chi connectivity index (χ2n) is 4.57. The van der Waals surface area contributed by atoms with Gasteiger partial charge in [0, 0.05) is 4.88 Å².